The van der Waals surface area contributed by atoms with Gasteiger partial charge in [-0.15, -0.1) is 0 Å². The molecule has 0 fully saturated rings. The molecule has 0 amide bonds. The predicted molar refractivity (Wildman–Crippen MR) is 83.2 cm³/mol. The zero-order chi connectivity index (χ0) is 14.1. The number of hydrogen-bond acceptors (Lipinski definition) is 1. The summed E-state index contributed by atoms with van der Waals surface area (Å²) in [5.74, 6) is 0. The summed E-state index contributed by atoms with van der Waals surface area (Å²) < 4.78 is 2.07. The van der Waals surface area contributed by atoms with Crippen molar-refractivity contribution in [2.45, 2.75) is 20.8 Å². The van der Waals surface area contributed by atoms with Crippen LogP contribution in [-0.4, -0.2) is 9.55 Å². The number of hydrogen-bond donors (Lipinski definition) is 0. The second-order valence-corrected chi connectivity index (χ2v) is 5.29. The molecule has 0 aliphatic carbocycles. The molecule has 2 heteroatoms. The van der Waals surface area contributed by atoms with E-state index in [9.17, 15) is 0 Å². The van der Waals surface area contributed by atoms with Crippen LogP contribution in [0, 0.1) is 20.8 Å². The molecule has 0 spiro atoms. The summed E-state index contributed by atoms with van der Waals surface area (Å²) >= 11 is 0. The molecule has 0 aliphatic rings. The fraction of sp³-hybridized carbons (Fsp3) is 0.167. The molecule has 3 aromatic rings. The zero-order valence-electron chi connectivity index (χ0n) is 12.1. The number of aromatic nitrogens is 2. The average Bonchev–Trinajstić information content (AvgIpc) is 2.92. The highest BCUT2D eigenvalue weighted by Gasteiger charge is 2.08. The van der Waals surface area contributed by atoms with Gasteiger partial charge in [-0.05, 0) is 55.2 Å². The third-order valence-electron chi connectivity index (χ3n) is 3.64. The molecule has 0 saturated heterocycles. The van der Waals surface area contributed by atoms with E-state index in [-0.39, 0.29) is 0 Å². The first kappa shape index (κ1) is 12.7. The fourth-order valence-electron chi connectivity index (χ4n) is 2.67. The molecular weight excluding hydrogens is 244 g/mol. The van der Waals surface area contributed by atoms with Gasteiger partial charge in [0.05, 0.1) is 12.0 Å². The largest absolute Gasteiger partial charge is 0.306 e. The number of benzene rings is 2. The second-order valence-electron chi connectivity index (χ2n) is 5.29. The molecule has 0 unspecified atom stereocenters. The van der Waals surface area contributed by atoms with Crippen molar-refractivity contribution in [3.63, 3.8) is 0 Å². The molecule has 0 atom stereocenters. The summed E-state index contributed by atoms with van der Waals surface area (Å²) in [6, 6.07) is 13.2. The van der Waals surface area contributed by atoms with Crippen LogP contribution in [0.5, 0.6) is 0 Å². The molecule has 0 N–H and O–H groups in total. The zero-order valence-corrected chi connectivity index (χ0v) is 12.1. The standard InChI is InChI=1S/C18H18N2/c1-13-4-6-16(7-5-13)17-10-14(2)18(15(3)11-17)20-9-8-19-12-20/h4-12H,1-3H3. The van der Waals surface area contributed by atoms with Crippen LogP contribution in [0.4, 0.5) is 0 Å². The van der Waals surface area contributed by atoms with Gasteiger partial charge in [-0.1, -0.05) is 29.8 Å². The van der Waals surface area contributed by atoms with Gasteiger partial charge >= 0.3 is 0 Å². The smallest absolute Gasteiger partial charge is 0.0991 e. The lowest BCUT2D eigenvalue weighted by molar-refractivity contribution is 1.02. The van der Waals surface area contributed by atoms with Gasteiger partial charge in [0.1, 0.15) is 0 Å². The lowest BCUT2D eigenvalue weighted by Gasteiger charge is -2.13. The van der Waals surface area contributed by atoms with Crippen molar-refractivity contribution in [1.82, 2.24) is 9.55 Å². The molecule has 1 heterocycles. The molecule has 1 aromatic heterocycles. The van der Waals surface area contributed by atoms with E-state index in [1.165, 1.54) is 33.5 Å². The highest BCUT2D eigenvalue weighted by atomic mass is 15.0. The first-order valence-electron chi connectivity index (χ1n) is 6.82. The van der Waals surface area contributed by atoms with Crippen LogP contribution < -0.4 is 0 Å². The number of rotatable bonds is 2. The molecule has 20 heavy (non-hydrogen) atoms. The van der Waals surface area contributed by atoms with Crippen LogP contribution in [0.25, 0.3) is 16.8 Å². The maximum atomic E-state index is 4.13. The predicted octanol–water partition coefficient (Wildman–Crippen LogP) is 4.46. The van der Waals surface area contributed by atoms with E-state index < -0.39 is 0 Å². The molecule has 2 aromatic carbocycles. The van der Waals surface area contributed by atoms with Gasteiger partial charge in [0, 0.05) is 12.4 Å². The topological polar surface area (TPSA) is 17.8 Å². The third kappa shape index (κ3) is 2.25. The Kier molecular flexibility index (Phi) is 3.15. The Morgan fingerprint density at radius 1 is 0.850 bits per heavy atom. The number of nitrogens with zero attached hydrogens (tertiary/aromatic N) is 2. The van der Waals surface area contributed by atoms with Crippen LogP contribution in [-0.2, 0) is 0 Å². The van der Waals surface area contributed by atoms with Crippen LogP contribution >= 0.6 is 0 Å². The van der Waals surface area contributed by atoms with E-state index in [0.29, 0.717) is 0 Å². The molecule has 0 radical (unpaired) electrons. The second kappa shape index (κ2) is 4.97. The van der Waals surface area contributed by atoms with Crippen LogP contribution in [0.2, 0.25) is 0 Å². The summed E-state index contributed by atoms with van der Waals surface area (Å²) in [5.41, 5.74) is 7.57. The van der Waals surface area contributed by atoms with Gasteiger partial charge in [0.15, 0.2) is 0 Å². The lowest BCUT2D eigenvalue weighted by Crippen LogP contribution is -1.98. The Morgan fingerprint density at radius 2 is 1.50 bits per heavy atom. The number of aryl methyl sites for hydroxylation is 3. The monoisotopic (exact) mass is 262 g/mol. The fourth-order valence-corrected chi connectivity index (χ4v) is 2.67. The van der Waals surface area contributed by atoms with Crippen molar-refractivity contribution in [1.29, 1.82) is 0 Å². The Hall–Kier alpha value is -2.35. The van der Waals surface area contributed by atoms with Gasteiger partial charge in [0.25, 0.3) is 0 Å². The Morgan fingerprint density at radius 3 is 2.05 bits per heavy atom. The molecule has 2 nitrogen and oxygen atoms in total. The maximum Gasteiger partial charge on any atom is 0.0991 e. The highest BCUT2D eigenvalue weighted by molar-refractivity contribution is 5.68. The average molecular weight is 262 g/mol. The Bertz CT molecular complexity index is 700. The van der Waals surface area contributed by atoms with Crippen molar-refractivity contribution >= 4 is 0 Å². The normalized spacial score (nSPS) is 10.8. The summed E-state index contributed by atoms with van der Waals surface area (Å²) in [6.45, 7) is 6.42. The van der Waals surface area contributed by atoms with Crippen molar-refractivity contribution in [3.05, 3.63) is 71.8 Å². The van der Waals surface area contributed by atoms with E-state index in [0.717, 1.165) is 0 Å². The van der Waals surface area contributed by atoms with E-state index in [1.807, 2.05) is 18.7 Å². The molecule has 0 bridgehead atoms. The third-order valence-corrected chi connectivity index (χ3v) is 3.64. The van der Waals surface area contributed by atoms with Gasteiger partial charge in [-0.2, -0.15) is 0 Å². The minimum absolute atomic E-state index is 1.22. The summed E-state index contributed by atoms with van der Waals surface area (Å²) in [4.78, 5) is 4.13. The van der Waals surface area contributed by atoms with Crippen LogP contribution in [0.15, 0.2) is 55.1 Å². The molecular formula is C18H18N2. The van der Waals surface area contributed by atoms with E-state index in [2.05, 4.69) is 66.7 Å². The maximum absolute atomic E-state index is 4.13. The molecule has 0 saturated carbocycles. The van der Waals surface area contributed by atoms with Crippen molar-refractivity contribution in [2.75, 3.05) is 0 Å². The van der Waals surface area contributed by atoms with Crippen LogP contribution in [0.3, 0.4) is 0 Å². The summed E-state index contributed by atoms with van der Waals surface area (Å²) in [6.07, 6.45) is 5.65. The first-order chi connectivity index (χ1) is 9.65. The molecule has 3 rings (SSSR count). The minimum Gasteiger partial charge on any atom is -0.306 e. The lowest BCUT2D eigenvalue weighted by atomic mass is 9.98. The quantitative estimate of drug-likeness (QED) is 0.666. The van der Waals surface area contributed by atoms with Gasteiger partial charge in [-0.3, -0.25) is 0 Å². The SMILES string of the molecule is Cc1ccc(-c2cc(C)c(-n3ccnc3)c(C)c2)cc1. The molecule has 0 aliphatic heterocycles. The Labute approximate surface area is 119 Å². The van der Waals surface area contributed by atoms with Gasteiger partial charge < -0.3 is 4.57 Å². The summed E-state index contributed by atoms with van der Waals surface area (Å²) in [7, 11) is 0. The van der Waals surface area contributed by atoms with Crippen molar-refractivity contribution < 1.29 is 0 Å². The van der Waals surface area contributed by atoms with E-state index in [4.69, 9.17) is 0 Å². The summed E-state index contributed by atoms with van der Waals surface area (Å²) in [5, 5.41) is 0. The first-order valence-corrected chi connectivity index (χ1v) is 6.82. The number of imidazole rings is 1. The van der Waals surface area contributed by atoms with Gasteiger partial charge in [0.2, 0.25) is 0 Å². The molecule has 100 valence electrons. The Balaban J connectivity index is 2.10. The van der Waals surface area contributed by atoms with E-state index in [1.54, 1.807) is 0 Å². The van der Waals surface area contributed by atoms with Crippen molar-refractivity contribution in [2.24, 2.45) is 0 Å². The van der Waals surface area contributed by atoms with Crippen LogP contribution in [0.1, 0.15) is 16.7 Å². The van der Waals surface area contributed by atoms with E-state index >= 15 is 0 Å². The highest BCUT2D eigenvalue weighted by Crippen LogP contribution is 2.27. The van der Waals surface area contributed by atoms with Gasteiger partial charge in [-0.25, -0.2) is 4.98 Å². The minimum atomic E-state index is 1.22. The van der Waals surface area contributed by atoms with Crippen molar-refractivity contribution in [3.8, 4) is 16.8 Å².